The van der Waals surface area contributed by atoms with Crippen molar-refractivity contribution < 1.29 is 22.2 Å². The predicted molar refractivity (Wildman–Crippen MR) is 103 cm³/mol. The molecule has 3 aromatic carbocycles. The zero-order chi connectivity index (χ0) is 19.9. The Morgan fingerprint density at radius 1 is 0.750 bits per heavy atom. The number of para-hydroxylation sites is 2. The minimum Gasteiger partial charge on any atom is -0.377 e. The highest BCUT2D eigenvalue weighted by atomic mass is 32.2. The molecule has 0 radical (unpaired) electrons. The Bertz CT molecular complexity index is 1160. The van der Waals surface area contributed by atoms with Gasteiger partial charge in [0.05, 0.1) is 16.8 Å². The van der Waals surface area contributed by atoms with Gasteiger partial charge in [0.25, 0.3) is 11.8 Å². The number of amides is 2. The van der Waals surface area contributed by atoms with Crippen LogP contribution < -0.4 is 9.08 Å². The zero-order valence-electron chi connectivity index (χ0n) is 14.8. The maximum Gasteiger partial charge on any atom is 0.339 e. The van der Waals surface area contributed by atoms with Gasteiger partial charge in [-0.3, -0.25) is 9.59 Å². The second-order valence-electron chi connectivity index (χ2n) is 6.31. The molecule has 7 heteroatoms. The fraction of sp³-hybridized carbons (Fsp3) is 0.0476. The number of rotatable bonds is 4. The first-order valence-electron chi connectivity index (χ1n) is 8.46. The Kier molecular flexibility index (Phi) is 4.24. The quantitative estimate of drug-likeness (QED) is 0.500. The number of aryl methyl sites for hydroxylation is 1. The average molecular weight is 393 g/mol. The van der Waals surface area contributed by atoms with Crippen LogP contribution in [0.1, 0.15) is 26.3 Å². The number of fused-ring (bicyclic) bond motifs is 1. The summed E-state index contributed by atoms with van der Waals surface area (Å²) >= 11 is 0. The minimum absolute atomic E-state index is 0.0183. The molecule has 0 bridgehead atoms. The molecule has 140 valence electrons. The van der Waals surface area contributed by atoms with E-state index >= 15 is 0 Å². The van der Waals surface area contributed by atoms with Gasteiger partial charge in [0.1, 0.15) is 4.90 Å². The van der Waals surface area contributed by atoms with Crippen molar-refractivity contribution in [3.63, 3.8) is 0 Å². The maximum absolute atomic E-state index is 12.7. The molecule has 0 unspecified atom stereocenters. The molecule has 0 saturated carbocycles. The lowest BCUT2D eigenvalue weighted by Crippen LogP contribution is -2.30. The first-order chi connectivity index (χ1) is 13.4. The summed E-state index contributed by atoms with van der Waals surface area (Å²) in [5.41, 5.74) is 1.52. The van der Waals surface area contributed by atoms with E-state index in [1.165, 1.54) is 24.3 Å². The van der Waals surface area contributed by atoms with E-state index in [1.54, 1.807) is 48.5 Å². The molecule has 3 aromatic rings. The van der Waals surface area contributed by atoms with E-state index in [4.69, 9.17) is 4.18 Å². The highest BCUT2D eigenvalue weighted by Gasteiger charge is 2.38. The third-order valence-corrected chi connectivity index (χ3v) is 5.66. The molecule has 6 nitrogen and oxygen atoms in total. The first-order valence-corrected chi connectivity index (χ1v) is 9.87. The molecular formula is C21H15NO5S. The summed E-state index contributed by atoms with van der Waals surface area (Å²) < 4.78 is 30.6. The second-order valence-corrected chi connectivity index (χ2v) is 7.86. The number of nitrogens with zero attached hydrogens (tertiary/aromatic N) is 1. The summed E-state index contributed by atoms with van der Waals surface area (Å²) in [6.45, 7) is 1.84. The van der Waals surface area contributed by atoms with Crippen LogP contribution in [0.15, 0.2) is 77.7 Å². The van der Waals surface area contributed by atoms with Crippen molar-refractivity contribution in [1.29, 1.82) is 0 Å². The molecular weight excluding hydrogens is 378 g/mol. The number of anilines is 1. The van der Waals surface area contributed by atoms with E-state index in [-0.39, 0.29) is 27.5 Å². The minimum atomic E-state index is -4.13. The fourth-order valence-electron chi connectivity index (χ4n) is 2.99. The highest BCUT2D eigenvalue weighted by molar-refractivity contribution is 7.87. The van der Waals surface area contributed by atoms with Crippen molar-refractivity contribution in [2.24, 2.45) is 0 Å². The number of benzene rings is 3. The van der Waals surface area contributed by atoms with Crippen LogP contribution in [0.25, 0.3) is 0 Å². The Labute approximate surface area is 162 Å². The van der Waals surface area contributed by atoms with Gasteiger partial charge in [-0.15, -0.1) is 0 Å². The van der Waals surface area contributed by atoms with Crippen LogP contribution in [0.5, 0.6) is 5.75 Å². The molecule has 1 aliphatic heterocycles. The number of hydrogen-bond acceptors (Lipinski definition) is 5. The zero-order valence-corrected chi connectivity index (χ0v) is 15.6. The normalized spacial score (nSPS) is 13.5. The van der Waals surface area contributed by atoms with E-state index in [2.05, 4.69) is 0 Å². The average Bonchev–Trinajstić information content (AvgIpc) is 2.93. The summed E-state index contributed by atoms with van der Waals surface area (Å²) in [6, 6.07) is 18.7. The van der Waals surface area contributed by atoms with Gasteiger partial charge in [0, 0.05) is 0 Å². The molecule has 1 heterocycles. The molecule has 0 atom stereocenters. The fourth-order valence-corrected chi connectivity index (χ4v) is 3.93. The molecule has 0 fully saturated rings. The maximum atomic E-state index is 12.7. The van der Waals surface area contributed by atoms with Crippen molar-refractivity contribution in [3.05, 3.63) is 89.5 Å². The lowest BCUT2D eigenvalue weighted by Gasteiger charge is -2.18. The third kappa shape index (κ3) is 2.95. The van der Waals surface area contributed by atoms with Crippen LogP contribution in [0.3, 0.4) is 0 Å². The number of hydrogen-bond donors (Lipinski definition) is 0. The van der Waals surface area contributed by atoms with Gasteiger partial charge < -0.3 is 4.18 Å². The smallest absolute Gasteiger partial charge is 0.339 e. The summed E-state index contributed by atoms with van der Waals surface area (Å²) in [5.74, 6) is -1.15. The summed E-state index contributed by atoms with van der Waals surface area (Å²) in [5, 5.41) is 0. The lowest BCUT2D eigenvalue weighted by atomic mass is 10.1. The number of carbonyl (C=O) groups is 2. The Hall–Kier alpha value is -3.45. The molecule has 1 aliphatic rings. The van der Waals surface area contributed by atoms with Crippen LogP contribution in [0, 0.1) is 6.92 Å². The van der Waals surface area contributed by atoms with Crippen LogP contribution in [-0.4, -0.2) is 20.2 Å². The van der Waals surface area contributed by atoms with Crippen LogP contribution in [0.2, 0.25) is 0 Å². The van der Waals surface area contributed by atoms with Crippen LogP contribution in [-0.2, 0) is 10.1 Å². The van der Waals surface area contributed by atoms with Crippen LogP contribution >= 0.6 is 0 Å². The van der Waals surface area contributed by atoms with E-state index < -0.39 is 21.9 Å². The first kappa shape index (κ1) is 17.9. The second kappa shape index (κ2) is 6.61. The molecule has 2 amide bonds. The Morgan fingerprint density at radius 2 is 1.29 bits per heavy atom. The molecule has 0 N–H and O–H groups in total. The Morgan fingerprint density at radius 3 is 1.89 bits per heavy atom. The van der Waals surface area contributed by atoms with Crippen molar-refractivity contribution >= 4 is 27.6 Å². The standard InChI is InChI=1S/C21H15NO5S/c1-14-10-12-15(13-11-14)28(25,26)27-19-9-5-4-8-18(19)22-20(23)16-6-2-3-7-17(16)21(22)24/h2-13H,1H3. The van der Waals surface area contributed by atoms with Crippen molar-refractivity contribution in [2.45, 2.75) is 11.8 Å². The van der Waals surface area contributed by atoms with Crippen LogP contribution in [0.4, 0.5) is 5.69 Å². The van der Waals surface area contributed by atoms with Crippen molar-refractivity contribution in [1.82, 2.24) is 0 Å². The van der Waals surface area contributed by atoms with Gasteiger partial charge in [0.2, 0.25) is 0 Å². The molecule has 0 spiro atoms. The summed E-state index contributed by atoms with van der Waals surface area (Å²) in [4.78, 5) is 26.4. The number of imide groups is 1. The van der Waals surface area contributed by atoms with E-state index in [0.29, 0.717) is 0 Å². The van der Waals surface area contributed by atoms with E-state index in [1.807, 2.05) is 6.92 Å². The molecule has 4 rings (SSSR count). The van der Waals surface area contributed by atoms with Gasteiger partial charge in [-0.1, -0.05) is 42.0 Å². The molecule has 0 aliphatic carbocycles. The summed E-state index contributed by atoms with van der Waals surface area (Å²) in [6.07, 6.45) is 0. The lowest BCUT2D eigenvalue weighted by molar-refractivity contribution is 0.0925. The Balaban J connectivity index is 1.74. The van der Waals surface area contributed by atoms with Gasteiger partial charge in [-0.2, -0.15) is 8.42 Å². The van der Waals surface area contributed by atoms with E-state index in [0.717, 1.165) is 10.5 Å². The largest absolute Gasteiger partial charge is 0.377 e. The molecule has 28 heavy (non-hydrogen) atoms. The molecule has 0 aromatic heterocycles. The summed E-state index contributed by atoms with van der Waals surface area (Å²) in [7, 11) is -4.13. The predicted octanol–water partition coefficient (Wildman–Crippen LogP) is 3.56. The monoisotopic (exact) mass is 393 g/mol. The van der Waals surface area contributed by atoms with Gasteiger partial charge in [-0.05, 0) is 43.3 Å². The SMILES string of the molecule is Cc1ccc(S(=O)(=O)Oc2ccccc2N2C(=O)c3ccccc3C2=O)cc1. The highest BCUT2D eigenvalue weighted by Crippen LogP contribution is 2.36. The van der Waals surface area contributed by atoms with Gasteiger partial charge in [-0.25, -0.2) is 4.90 Å². The third-order valence-electron chi connectivity index (χ3n) is 4.41. The van der Waals surface area contributed by atoms with Crippen molar-refractivity contribution in [3.8, 4) is 5.75 Å². The van der Waals surface area contributed by atoms with E-state index in [9.17, 15) is 18.0 Å². The topological polar surface area (TPSA) is 80.8 Å². The van der Waals surface area contributed by atoms with Crippen molar-refractivity contribution in [2.75, 3.05) is 4.90 Å². The van der Waals surface area contributed by atoms with Gasteiger partial charge >= 0.3 is 10.1 Å². The van der Waals surface area contributed by atoms with Gasteiger partial charge in [0.15, 0.2) is 5.75 Å². The number of carbonyl (C=O) groups excluding carboxylic acids is 2. The molecule has 0 saturated heterocycles.